The molecule has 1 fully saturated rings. The van der Waals surface area contributed by atoms with E-state index in [0.29, 0.717) is 6.04 Å². The molecule has 0 bridgehead atoms. The fourth-order valence-electron chi connectivity index (χ4n) is 2.84. The summed E-state index contributed by atoms with van der Waals surface area (Å²) in [5.74, 6) is 0. The Hall–Kier alpha value is -1.48. The number of nitrogens with one attached hydrogen (secondary N) is 1. The molecule has 1 heterocycles. The monoisotopic (exact) mass is 344 g/mol. The van der Waals surface area contributed by atoms with Gasteiger partial charge in [0.1, 0.15) is 0 Å². The van der Waals surface area contributed by atoms with E-state index in [1.54, 1.807) is 0 Å². The fraction of sp³-hybridized carbons (Fsp3) is 0.333. The molecule has 1 aliphatic heterocycles. The summed E-state index contributed by atoms with van der Waals surface area (Å²) < 4.78 is 1.18. The van der Waals surface area contributed by atoms with Gasteiger partial charge < -0.3 is 10.2 Å². The molecule has 0 amide bonds. The van der Waals surface area contributed by atoms with Gasteiger partial charge in [0, 0.05) is 35.0 Å². The summed E-state index contributed by atoms with van der Waals surface area (Å²) in [4.78, 5) is 2.48. The van der Waals surface area contributed by atoms with Gasteiger partial charge in [-0.25, -0.2) is 0 Å². The van der Waals surface area contributed by atoms with Gasteiger partial charge in [-0.05, 0) is 49.6 Å². The lowest BCUT2D eigenvalue weighted by Gasteiger charge is -2.34. The minimum atomic E-state index is 0.569. The van der Waals surface area contributed by atoms with Crippen LogP contribution < -0.4 is 10.2 Å². The molecular weight excluding hydrogens is 324 g/mol. The third-order valence-corrected chi connectivity index (χ3v) is 5.01. The number of rotatable bonds is 3. The minimum Gasteiger partial charge on any atom is -0.382 e. The van der Waals surface area contributed by atoms with E-state index in [9.17, 15) is 0 Å². The van der Waals surface area contributed by atoms with Crippen molar-refractivity contribution in [3.63, 3.8) is 0 Å². The van der Waals surface area contributed by atoms with Crippen LogP contribution in [0.15, 0.2) is 53.0 Å². The second-order valence-corrected chi connectivity index (χ2v) is 6.56. The molecule has 3 heteroatoms. The summed E-state index contributed by atoms with van der Waals surface area (Å²) in [5.41, 5.74) is 3.83. The molecule has 0 radical (unpaired) electrons. The van der Waals surface area contributed by atoms with Crippen molar-refractivity contribution in [1.29, 1.82) is 0 Å². The van der Waals surface area contributed by atoms with Gasteiger partial charge in [0.05, 0.1) is 0 Å². The first-order chi connectivity index (χ1) is 10.2. The SMILES string of the molecule is Cc1ccc(NC2CCN(c3ccccc3)CC2)cc1Br. The van der Waals surface area contributed by atoms with Crippen molar-refractivity contribution in [2.24, 2.45) is 0 Å². The minimum absolute atomic E-state index is 0.569. The number of para-hydroxylation sites is 1. The van der Waals surface area contributed by atoms with Crippen molar-refractivity contribution < 1.29 is 0 Å². The van der Waals surface area contributed by atoms with E-state index in [2.05, 4.69) is 81.6 Å². The predicted octanol–water partition coefficient (Wildman–Crippen LogP) is 4.84. The van der Waals surface area contributed by atoms with E-state index < -0.39 is 0 Å². The second kappa shape index (κ2) is 6.52. The molecule has 0 aromatic heterocycles. The number of hydrogen-bond donors (Lipinski definition) is 1. The van der Waals surface area contributed by atoms with Crippen LogP contribution in [0.2, 0.25) is 0 Å². The number of aryl methyl sites for hydroxylation is 1. The first-order valence-electron chi connectivity index (χ1n) is 7.55. The maximum atomic E-state index is 3.66. The molecule has 1 saturated heterocycles. The van der Waals surface area contributed by atoms with E-state index >= 15 is 0 Å². The molecule has 0 spiro atoms. The molecule has 2 aromatic carbocycles. The fourth-order valence-corrected chi connectivity index (χ4v) is 3.22. The predicted molar refractivity (Wildman–Crippen MR) is 94.2 cm³/mol. The molecule has 1 N–H and O–H groups in total. The van der Waals surface area contributed by atoms with Gasteiger partial charge in [-0.15, -0.1) is 0 Å². The third kappa shape index (κ3) is 3.59. The Labute approximate surface area is 135 Å². The average Bonchev–Trinajstić information content (AvgIpc) is 2.53. The first-order valence-corrected chi connectivity index (χ1v) is 8.34. The molecule has 0 atom stereocenters. The second-order valence-electron chi connectivity index (χ2n) is 5.71. The number of anilines is 2. The zero-order valence-electron chi connectivity index (χ0n) is 12.3. The number of nitrogens with zero attached hydrogens (tertiary/aromatic N) is 1. The van der Waals surface area contributed by atoms with Gasteiger partial charge in [-0.2, -0.15) is 0 Å². The van der Waals surface area contributed by atoms with Gasteiger partial charge in [0.25, 0.3) is 0 Å². The van der Waals surface area contributed by atoms with Crippen molar-refractivity contribution in [1.82, 2.24) is 0 Å². The van der Waals surface area contributed by atoms with Gasteiger partial charge in [0.15, 0.2) is 0 Å². The highest BCUT2D eigenvalue weighted by Crippen LogP contribution is 2.24. The van der Waals surface area contributed by atoms with Crippen molar-refractivity contribution in [3.8, 4) is 0 Å². The summed E-state index contributed by atoms with van der Waals surface area (Å²) in [7, 11) is 0. The van der Waals surface area contributed by atoms with Gasteiger partial charge in [-0.3, -0.25) is 0 Å². The van der Waals surface area contributed by atoms with Crippen molar-refractivity contribution in [2.45, 2.75) is 25.8 Å². The molecule has 3 rings (SSSR count). The lowest BCUT2D eigenvalue weighted by molar-refractivity contribution is 0.527. The summed E-state index contributed by atoms with van der Waals surface area (Å²) >= 11 is 3.60. The van der Waals surface area contributed by atoms with E-state index in [-0.39, 0.29) is 0 Å². The molecule has 2 nitrogen and oxygen atoms in total. The van der Waals surface area contributed by atoms with Crippen LogP contribution in [-0.2, 0) is 0 Å². The maximum Gasteiger partial charge on any atom is 0.0366 e. The van der Waals surface area contributed by atoms with Gasteiger partial charge in [-0.1, -0.05) is 40.2 Å². The molecule has 2 aromatic rings. The molecule has 0 unspecified atom stereocenters. The highest BCUT2D eigenvalue weighted by atomic mass is 79.9. The van der Waals surface area contributed by atoms with Crippen LogP contribution in [0.4, 0.5) is 11.4 Å². The molecule has 110 valence electrons. The van der Waals surface area contributed by atoms with Crippen molar-refractivity contribution in [2.75, 3.05) is 23.3 Å². The largest absolute Gasteiger partial charge is 0.382 e. The number of benzene rings is 2. The zero-order valence-corrected chi connectivity index (χ0v) is 13.9. The van der Waals surface area contributed by atoms with Crippen LogP contribution >= 0.6 is 15.9 Å². The summed E-state index contributed by atoms with van der Waals surface area (Å²) in [6.07, 6.45) is 2.36. The van der Waals surface area contributed by atoms with E-state index in [4.69, 9.17) is 0 Å². The first kappa shape index (κ1) is 14.5. The van der Waals surface area contributed by atoms with Crippen LogP contribution in [0, 0.1) is 6.92 Å². The van der Waals surface area contributed by atoms with E-state index in [1.807, 2.05) is 0 Å². The lowest BCUT2D eigenvalue weighted by atomic mass is 10.0. The van der Waals surface area contributed by atoms with Gasteiger partial charge in [0.2, 0.25) is 0 Å². The van der Waals surface area contributed by atoms with Crippen LogP contribution in [0.25, 0.3) is 0 Å². The highest BCUT2D eigenvalue weighted by molar-refractivity contribution is 9.10. The van der Waals surface area contributed by atoms with Crippen LogP contribution in [0.5, 0.6) is 0 Å². The van der Waals surface area contributed by atoms with E-state index in [0.717, 1.165) is 13.1 Å². The summed E-state index contributed by atoms with van der Waals surface area (Å²) in [6.45, 7) is 4.36. The third-order valence-electron chi connectivity index (χ3n) is 4.16. The van der Waals surface area contributed by atoms with Crippen LogP contribution in [0.1, 0.15) is 18.4 Å². The molecule has 1 aliphatic rings. The Bertz CT molecular complexity index is 589. The Balaban J connectivity index is 1.57. The topological polar surface area (TPSA) is 15.3 Å². The number of piperidine rings is 1. The highest BCUT2D eigenvalue weighted by Gasteiger charge is 2.19. The zero-order chi connectivity index (χ0) is 14.7. The smallest absolute Gasteiger partial charge is 0.0366 e. The molecule has 21 heavy (non-hydrogen) atoms. The maximum absolute atomic E-state index is 3.66. The quantitative estimate of drug-likeness (QED) is 0.856. The van der Waals surface area contributed by atoms with E-state index in [1.165, 1.54) is 34.3 Å². The lowest BCUT2D eigenvalue weighted by Crippen LogP contribution is -2.39. The number of hydrogen-bond acceptors (Lipinski definition) is 2. The molecular formula is C18H21BrN2. The standard InChI is InChI=1S/C18H21BrN2/c1-14-7-8-16(13-18(14)19)20-15-9-11-21(12-10-15)17-5-3-2-4-6-17/h2-8,13,15,20H,9-12H2,1H3. The summed E-state index contributed by atoms with van der Waals surface area (Å²) in [6, 6.07) is 17.8. The Kier molecular flexibility index (Phi) is 4.49. The Morgan fingerprint density at radius 1 is 1.05 bits per heavy atom. The van der Waals surface area contributed by atoms with Crippen LogP contribution in [0.3, 0.4) is 0 Å². The van der Waals surface area contributed by atoms with Crippen molar-refractivity contribution in [3.05, 3.63) is 58.6 Å². The van der Waals surface area contributed by atoms with Gasteiger partial charge >= 0.3 is 0 Å². The molecule has 0 aliphatic carbocycles. The van der Waals surface area contributed by atoms with Crippen LogP contribution in [-0.4, -0.2) is 19.1 Å². The Morgan fingerprint density at radius 2 is 1.76 bits per heavy atom. The average molecular weight is 345 g/mol. The molecule has 0 saturated carbocycles. The number of halogens is 1. The Morgan fingerprint density at radius 3 is 2.43 bits per heavy atom. The normalized spacial score (nSPS) is 16.0. The van der Waals surface area contributed by atoms with Crippen molar-refractivity contribution >= 4 is 27.3 Å². The summed E-state index contributed by atoms with van der Waals surface area (Å²) in [5, 5.41) is 3.66.